The lowest BCUT2D eigenvalue weighted by atomic mass is 10.1. The molecule has 0 saturated heterocycles. The zero-order valence-electron chi connectivity index (χ0n) is 14.4. The molecule has 0 unspecified atom stereocenters. The van der Waals surface area contributed by atoms with Crippen LogP contribution in [-0.4, -0.2) is 30.7 Å². The maximum atomic E-state index is 12.8. The van der Waals surface area contributed by atoms with Crippen LogP contribution in [0.5, 0.6) is 5.75 Å². The van der Waals surface area contributed by atoms with Crippen molar-refractivity contribution in [3.8, 4) is 5.75 Å². The van der Waals surface area contributed by atoms with Crippen LogP contribution < -0.4 is 4.74 Å². The number of aromatic nitrogens is 1. The Hall–Kier alpha value is -3.08. The molecule has 0 radical (unpaired) electrons. The Bertz CT molecular complexity index is 955. The molecule has 0 spiro atoms. The van der Waals surface area contributed by atoms with E-state index in [1.54, 1.807) is 13.3 Å². The summed E-state index contributed by atoms with van der Waals surface area (Å²) in [7, 11) is 2.95. The van der Waals surface area contributed by atoms with Gasteiger partial charge < -0.3 is 9.47 Å². The summed E-state index contributed by atoms with van der Waals surface area (Å²) in [5.41, 5.74) is 2.94. The normalized spacial score (nSPS) is 10.7. The lowest BCUT2D eigenvalue weighted by molar-refractivity contribution is 0.0603. The van der Waals surface area contributed by atoms with Crippen molar-refractivity contribution >= 4 is 22.8 Å². The monoisotopic (exact) mass is 337 g/mol. The second-order valence-corrected chi connectivity index (χ2v) is 5.80. The molecule has 2 aromatic carbocycles. The van der Waals surface area contributed by atoms with Gasteiger partial charge in [-0.15, -0.1) is 0 Å². The molecule has 1 aromatic heterocycles. The molecule has 5 heteroatoms. The minimum absolute atomic E-state index is 0.115. The summed E-state index contributed by atoms with van der Waals surface area (Å²) in [4.78, 5) is 24.8. The smallest absolute Gasteiger partial charge is 0.340 e. The number of esters is 1. The van der Waals surface area contributed by atoms with Crippen LogP contribution in [0, 0.1) is 6.92 Å². The number of aryl methyl sites for hydroxylation is 1. The van der Waals surface area contributed by atoms with E-state index in [0.717, 1.165) is 16.9 Å². The molecule has 0 amide bonds. The third-order valence-electron chi connectivity index (χ3n) is 4.20. The lowest BCUT2D eigenvalue weighted by Crippen LogP contribution is -2.12. The molecule has 0 atom stereocenters. The van der Waals surface area contributed by atoms with Gasteiger partial charge in [-0.1, -0.05) is 30.3 Å². The average molecular weight is 337 g/mol. The number of rotatable bonds is 4. The van der Waals surface area contributed by atoms with E-state index in [-0.39, 0.29) is 12.3 Å². The van der Waals surface area contributed by atoms with Crippen molar-refractivity contribution in [3.63, 3.8) is 0 Å². The van der Waals surface area contributed by atoms with Crippen LogP contribution in [0.2, 0.25) is 0 Å². The highest BCUT2D eigenvalue weighted by molar-refractivity contribution is 6.07. The number of hydrogen-bond acceptors (Lipinski definition) is 4. The Balaban J connectivity index is 1.97. The number of para-hydroxylation sites is 1. The highest BCUT2D eigenvalue weighted by Crippen LogP contribution is 2.23. The van der Waals surface area contributed by atoms with Gasteiger partial charge in [-0.25, -0.2) is 4.79 Å². The van der Waals surface area contributed by atoms with E-state index in [4.69, 9.17) is 9.47 Å². The fourth-order valence-corrected chi connectivity index (χ4v) is 2.97. The van der Waals surface area contributed by atoms with Crippen molar-refractivity contribution in [3.05, 3.63) is 65.4 Å². The Morgan fingerprint density at radius 2 is 1.84 bits per heavy atom. The van der Waals surface area contributed by atoms with Gasteiger partial charge in [0.25, 0.3) is 0 Å². The number of methoxy groups -OCH3 is 2. The summed E-state index contributed by atoms with van der Waals surface area (Å²) >= 11 is 0. The van der Waals surface area contributed by atoms with Crippen LogP contribution in [0.1, 0.15) is 26.3 Å². The van der Waals surface area contributed by atoms with Crippen LogP contribution in [-0.2, 0) is 11.2 Å². The summed E-state index contributed by atoms with van der Waals surface area (Å²) in [6, 6.07) is 13.0. The molecule has 1 heterocycles. The van der Waals surface area contributed by atoms with Crippen LogP contribution in [0.3, 0.4) is 0 Å². The molecule has 0 fully saturated rings. The van der Waals surface area contributed by atoms with E-state index < -0.39 is 5.97 Å². The van der Waals surface area contributed by atoms with E-state index in [9.17, 15) is 9.59 Å². The first-order valence-corrected chi connectivity index (χ1v) is 7.90. The molecule has 0 N–H and O–H groups in total. The molecule has 3 rings (SSSR count). The first-order valence-electron chi connectivity index (χ1n) is 7.90. The van der Waals surface area contributed by atoms with E-state index in [1.807, 2.05) is 49.4 Å². The first kappa shape index (κ1) is 16.8. The fraction of sp³-hybridized carbons (Fsp3) is 0.200. The third kappa shape index (κ3) is 3.13. The second kappa shape index (κ2) is 6.81. The van der Waals surface area contributed by atoms with Gasteiger partial charge in [-0.2, -0.15) is 0 Å². The molecule has 5 nitrogen and oxygen atoms in total. The topological polar surface area (TPSA) is 57.5 Å². The summed E-state index contributed by atoms with van der Waals surface area (Å²) in [5.74, 6) is 0.217. The molecule has 128 valence electrons. The van der Waals surface area contributed by atoms with Crippen molar-refractivity contribution in [1.82, 2.24) is 4.57 Å². The van der Waals surface area contributed by atoms with Gasteiger partial charge >= 0.3 is 5.97 Å². The number of ether oxygens (including phenoxy) is 2. The van der Waals surface area contributed by atoms with Crippen LogP contribution >= 0.6 is 0 Å². The van der Waals surface area contributed by atoms with Gasteiger partial charge in [0.1, 0.15) is 5.75 Å². The van der Waals surface area contributed by atoms with E-state index in [1.165, 1.54) is 11.7 Å². The minimum Gasteiger partial charge on any atom is -0.496 e. The maximum Gasteiger partial charge on any atom is 0.340 e. The largest absolute Gasteiger partial charge is 0.496 e. The SMILES string of the molecule is COC(=O)c1cn(C(=O)Cc2ccc(OC)c(C)c2)c2ccccc12. The molecule has 25 heavy (non-hydrogen) atoms. The Labute approximate surface area is 145 Å². The summed E-state index contributed by atoms with van der Waals surface area (Å²) in [5, 5.41) is 0.702. The summed E-state index contributed by atoms with van der Waals surface area (Å²) in [6.45, 7) is 1.94. The van der Waals surface area contributed by atoms with Gasteiger partial charge in [0, 0.05) is 11.6 Å². The van der Waals surface area contributed by atoms with Gasteiger partial charge in [0.2, 0.25) is 5.91 Å². The standard InChI is InChI=1S/C20H19NO4/c1-13-10-14(8-9-18(13)24-2)11-19(22)21-12-16(20(23)25-3)15-6-4-5-7-17(15)21/h4-10,12H,11H2,1-3H3. The quantitative estimate of drug-likeness (QED) is 0.682. The predicted octanol–water partition coefficient (Wildman–Crippen LogP) is 3.63. The Morgan fingerprint density at radius 1 is 1.08 bits per heavy atom. The van der Waals surface area contributed by atoms with E-state index >= 15 is 0 Å². The Morgan fingerprint density at radius 3 is 2.52 bits per heavy atom. The molecule has 0 aliphatic heterocycles. The number of fused-ring (bicyclic) bond motifs is 1. The number of hydrogen-bond donors (Lipinski definition) is 0. The lowest BCUT2D eigenvalue weighted by Gasteiger charge is -2.08. The number of benzene rings is 2. The van der Waals surface area contributed by atoms with Crippen LogP contribution in [0.15, 0.2) is 48.7 Å². The predicted molar refractivity (Wildman–Crippen MR) is 95.3 cm³/mol. The van der Waals surface area contributed by atoms with Crippen molar-refractivity contribution in [2.24, 2.45) is 0 Å². The number of carbonyl (C=O) groups is 2. The molecule has 0 bridgehead atoms. The van der Waals surface area contributed by atoms with Gasteiger partial charge in [0.05, 0.1) is 31.7 Å². The van der Waals surface area contributed by atoms with E-state index in [2.05, 4.69) is 0 Å². The molecule has 0 aliphatic carbocycles. The van der Waals surface area contributed by atoms with Crippen molar-refractivity contribution in [1.29, 1.82) is 0 Å². The molecular weight excluding hydrogens is 318 g/mol. The highest BCUT2D eigenvalue weighted by Gasteiger charge is 2.18. The Kier molecular flexibility index (Phi) is 4.57. The van der Waals surface area contributed by atoms with Gasteiger partial charge in [-0.3, -0.25) is 9.36 Å². The van der Waals surface area contributed by atoms with E-state index in [0.29, 0.717) is 16.5 Å². The van der Waals surface area contributed by atoms with Gasteiger partial charge in [-0.05, 0) is 30.2 Å². The number of carbonyl (C=O) groups excluding carboxylic acids is 2. The molecule has 0 aliphatic rings. The molecule has 3 aromatic rings. The van der Waals surface area contributed by atoms with Crippen molar-refractivity contribution < 1.29 is 19.1 Å². The van der Waals surface area contributed by atoms with Crippen LogP contribution in [0.4, 0.5) is 0 Å². The second-order valence-electron chi connectivity index (χ2n) is 5.80. The molecule has 0 saturated carbocycles. The minimum atomic E-state index is -0.456. The molecular formula is C20H19NO4. The first-order chi connectivity index (χ1) is 12.0. The van der Waals surface area contributed by atoms with Crippen molar-refractivity contribution in [2.45, 2.75) is 13.3 Å². The summed E-state index contributed by atoms with van der Waals surface area (Å²) in [6.07, 6.45) is 1.78. The number of nitrogens with zero attached hydrogens (tertiary/aromatic N) is 1. The van der Waals surface area contributed by atoms with Crippen molar-refractivity contribution in [2.75, 3.05) is 14.2 Å². The summed E-state index contributed by atoms with van der Waals surface area (Å²) < 4.78 is 11.6. The zero-order valence-corrected chi connectivity index (χ0v) is 14.4. The average Bonchev–Trinajstić information content (AvgIpc) is 3.01. The zero-order chi connectivity index (χ0) is 18.0. The maximum absolute atomic E-state index is 12.8. The van der Waals surface area contributed by atoms with Crippen LogP contribution in [0.25, 0.3) is 10.9 Å². The van der Waals surface area contributed by atoms with Gasteiger partial charge in [0.15, 0.2) is 0 Å². The third-order valence-corrected chi connectivity index (χ3v) is 4.20. The highest BCUT2D eigenvalue weighted by atomic mass is 16.5. The fourth-order valence-electron chi connectivity index (χ4n) is 2.97.